The molecule has 0 fully saturated rings. The highest BCUT2D eigenvalue weighted by Crippen LogP contribution is 2.30. The van der Waals surface area contributed by atoms with E-state index >= 15 is 0 Å². The Labute approximate surface area is 125 Å². The van der Waals surface area contributed by atoms with E-state index in [1.165, 1.54) is 23.1 Å². The number of rotatable bonds is 4. The first kappa shape index (κ1) is 14.0. The van der Waals surface area contributed by atoms with Gasteiger partial charge in [-0.15, -0.1) is 0 Å². The highest BCUT2D eigenvalue weighted by Gasteiger charge is 2.18. The van der Waals surface area contributed by atoms with E-state index in [0.29, 0.717) is 0 Å². The summed E-state index contributed by atoms with van der Waals surface area (Å²) in [5.41, 5.74) is 10.1. The maximum atomic E-state index is 6.19. The number of ether oxygens (including phenoxy) is 2. The summed E-state index contributed by atoms with van der Waals surface area (Å²) in [5.74, 6) is 1.53. The summed E-state index contributed by atoms with van der Waals surface area (Å²) >= 11 is 0. The summed E-state index contributed by atoms with van der Waals surface area (Å²) in [6.45, 7) is 0.820. The van der Waals surface area contributed by atoms with Crippen LogP contribution in [-0.2, 0) is 13.0 Å². The molecule has 1 aromatic carbocycles. The monoisotopic (exact) mass is 286 g/mol. The molecule has 0 radical (unpaired) electrons. The average molecular weight is 286 g/mol. The zero-order valence-electron chi connectivity index (χ0n) is 12.6. The van der Waals surface area contributed by atoms with Gasteiger partial charge in [0, 0.05) is 25.0 Å². The van der Waals surface area contributed by atoms with Gasteiger partial charge in [0.1, 0.15) is 0 Å². The molecule has 1 aliphatic carbocycles. The number of aromatic nitrogens is 1. The number of aryl methyl sites for hydroxylation is 1. The van der Waals surface area contributed by atoms with Gasteiger partial charge < -0.3 is 19.8 Å². The van der Waals surface area contributed by atoms with Crippen molar-refractivity contribution in [3.05, 3.63) is 47.3 Å². The maximum absolute atomic E-state index is 6.19. The largest absolute Gasteiger partial charge is 0.493 e. The third-order valence-corrected chi connectivity index (χ3v) is 4.17. The molecule has 2 N–H and O–H groups in total. The number of nitrogens with zero attached hydrogens (tertiary/aromatic N) is 1. The quantitative estimate of drug-likeness (QED) is 0.940. The number of nitrogens with two attached hydrogens (primary N) is 1. The second-order valence-corrected chi connectivity index (χ2v) is 5.60. The highest BCUT2D eigenvalue weighted by molar-refractivity contribution is 5.43. The minimum absolute atomic E-state index is 0.195. The van der Waals surface area contributed by atoms with Crippen LogP contribution in [0.15, 0.2) is 30.6 Å². The SMILES string of the molecule is COc1ccc(Cn2cc3c(c2)C(N)CCC3)cc1OC. The van der Waals surface area contributed by atoms with Crippen molar-refractivity contribution in [2.24, 2.45) is 5.73 Å². The predicted octanol–water partition coefficient (Wildman–Crippen LogP) is 2.89. The van der Waals surface area contributed by atoms with E-state index in [9.17, 15) is 0 Å². The van der Waals surface area contributed by atoms with E-state index in [-0.39, 0.29) is 6.04 Å². The minimum atomic E-state index is 0.195. The molecule has 1 unspecified atom stereocenters. The molecule has 0 spiro atoms. The molecule has 4 heteroatoms. The van der Waals surface area contributed by atoms with Gasteiger partial charge >= 0.3 is 0 Å². The second-order valence-electron chi connectivity index (χ2n) is 5.60. The third-order valence-electron chi connectivity index (χ3n) is 4.17. The number of hydrogen-bond acceptors (Lipinski definition) is 3. The third kappa shape index (κ3) is 2.76. The van der Waals surface area contributed by atoms with Gasteiger partial charge in [0.05, 0.1) is 14.2 Å². The van der Waals surface area contributed by atoms with Crippen LogP contribution >= 0.6 is 0 Å². The van der Waals surface area contributed by atoms with E-state index in [1.54, 1.807) is 14.2 Å². The van der Waals surface area contributed by atoms with Gasteiger partial charge in [0.15, 0.2) is 11.5 Å². The Morgan fingerprint density at radius 2 is 2.00 bits per heavy atom. The molecule has 0 saturated carbocycles. The fourth-order valence-corrected chi connectivity index (χ4v) is 3.07. The number of methoxy groups -OCH3 is 2. The van der Waals surface area contributed by atoms with E-state index in [0.717, 1.165) is 30.9 Å². The summed E-state index contributed by atoms with van der Waals surface area (Å²) in [7, 11) is 3.31. The lowest BCUT2D eigenvalue weighted by Crippen LogP contribution is -2.15. The van der Waals surface area contributed by atoms with Crippen LogP contribution in [0.2, 0.25) is 0 Å². The van der Waals surface area contributed by atoms with Crippen LogP contribution in [0.3, 0.4) is 0 Å². The Kier molecular flexibility index (Phi) is 3.88. The van der Waals surface area contributed by atoms with Crippen LogP contribution in [0.25, 0.3) is 0 Å². The number of benzene rings is 1. The molecule has 0 bridgehead atoms. The molecule has 0 amide bonds. The van der Waals surface area contributed by atoms with Crippen molar-refractivity contribution in [1.82, 2.24) is 4.57 Å². The molecule has 1 atom stereocenters. The van der Waals surface area contributed by atoms with Crippen LogP contribution in [0, 0.1) is 0 Å². The summed E-state index contributed by atoms with van der Waals surface area (Å²) < 4.78 is 12.9. The van der Waals surface area contributed by atoms with Gasteiger partial charge in [-0.1, -0.05) is 6.07 Å². The molecular weight excluding hydrogens is 264 g/mol. The Hall–Kier alpha value is -1.94. The summed E-state index contributed by atoms with van der Waals surface area (Å²) in [6.07, 6.45) is 7.84. The average Bonchev–Trinajstić information content (AvgIpc) is 2.91. The molecule has 1 aliphatic rings. The smallest absolute Gasteiger partial charge is 0.161 e. The van der Waals surface area contributed by atoms with E-state index in [2.05, 4.69) is 23.0 Å². The molecular formula is C17H22N2O2. The van der Waals surface area contributed by atoms with Gasteiger partial charge in [-0.3, -0.25) is 0 Å². The highest BCUT2D eigenvalue weighted by atomic mass is 16.5. The fraction of sp³-hybridized carbons (Fsp3) is 0.412. The minimum Gasteiger partial charge on any atom is -0.493 e. The van der Waals surface area contributed by atoms with Crippen LogP contribution < -0.4 is 15.2 Å². The Morgan fingerprint density at radius 3 is 2.71 bits per heavy atom. The second kappa shape index (κ2) is 5.82. The van der Waals surface area contributed by atoms with Crippen molar-refractivity contribution in [3.63, 3.8) is 0 Å². The van der Waals surface area contributed by atoms with Crippen LogP contribution in [0.1, 0.15) is 35.6 Å². The van der Waals surface area contributed by atoms with Gasteiger partial charge in [-0.25, -0.2) is 0 Å². The standard InChI is InChI=1S/C17H22N2O2/c1-20-16-7-6-12(8-17(16)21-2)9-19-10-13-4-3-5-15(18)14(13)11-19/h6-8,10-11,15H,3-5,9,18H2,1-2H3. The molecule has 2 aromatic rings. The molecule has 21 heavy (non-hydrogen) atoms. The van der Waals surface area contributed by atoms with Crippen molar-refractivity contribution in [3.8, 4) is 11.5 Å². The molecule has 0 aliphatic heterocycles. The zero-order chi connectivity index (χ0) is 14.8. The Morgan fingerprint density at radius 1 is 1.19 bits per heavy atom. The normalized spacial score (nSPS) is 17.4. The van der Waals surface area contributed by atoms with Crippen molar-refractivity contribution in [2.75, 3.05) is 14.2 Å². The lowest BCUT2D eigenvalue weighted by molar-refractivity contribution is 0.354. The molecule has 112 valence electrons. The van der Waals surface area contributed by atoms with Crippen molar-refractivity contribution in [1.29, 1.82) is 0 Å². The van der Waals surface area contributed by atoms with Crippen molar-refractivity contribution >= 4 is 0 Å². The molecule has 0 saturated heterocycles. The van der Waals surface area contributed by atoms with Crippen molar-refractivity contribution in [2.45, 2.75) is 31.8 Å². The summed E-state index contributed by atoms with van der Waals surface area (Å²) in [4.78, 5) is 0. The Bertz CT molecular complexity index is 634. The van der Waals surface area contributed by atoms with E-state index in [4.69, 9.17) is 15.2 Å². The van der Waals surface area contributed by atoms with E-state index < -0.39 is 0 Å². The molecule has 1 aromatic heterocycles. The summed E-state index contributed by atoms with van der Waals surface area (Å²) in [6, 6.07) is 6.24. The topological polar surface area (TPSA) is 49.4 Å². The van der Waals surface area contributed by atoms with Gasteiger partial charge in [0.2, 0.25) is 0 Å². The number of fused-ring (bicyclic) bond motifs is 1. The first-order valence-corrected chi connectivity index (χ1v) is 7.36. The summed E-state index contributed by atoms with van der Waals surface area (Å²) in [5, 5.41) is 0. The van der Waals surface area contributed by atoms with E-state index in [1.807, 2.05) is 12.1 Å². The lowest BCUT2D eigenvalue weighted by Gasteiger charge is -2.17. The van der Waals surface area contributed by atoms with Gasteiger partial charge in [0.25, 0.3) is 0 Å². The Balaban J connectivity index is 1.84. The number of hydrogen-bond donors (Lipinski definition) is 1. The molecule has 4 nitrogen and oxygen atoms in total. The lowest BCUT2D eigenvalue weighted by atomic mass is 9.92. The first-order chi connectivity index (χ1) is 10.2. The van der Waals surface area contributed by atoms with Crippen molar-refractivity contribution < 1.29 is 9.47 Å². The van der Waals surface area contributed by atoms with Gasteiger partial charge in [-0.2, -0.15) is 0 Å². The van der Waals surface area contributed by atoms with Gasteiger partial charge in [-0.05, 0) is 48.1 Å². The maximum Gasteiger partial charge on any atom is 0.161 e. The molecule has 3 rings (SSSR count). The zero-order valence-corrected chi connectivity index (χ0v) is 12.6. The van der Waals surface area contributed by atoms with Crippen LogP contribution in [-0.4, -0.2) is 18.8 Å². The van der Waals surface area contributed by atoms with Crippen LogP contribution in [0.5, 0.6) is 11.5 Å². The first-order valence-electron chi connectivity index (χ1n) is 7.36. The fourth-order valence-electron chi connectivity index (χ4n) is 3.07. The molecule has 1 heterocycles. The van der Waals surface area contributed by atoms with Crippen LogP contribution in [0.4, 0.5) is 0 Å². The predicted molar refractivity (Wildman–Crippen MR) is 82.9 cm³/mol.